The maximum atomic E-state index is 6.47. The van der Waals surface area contributed by atoms with Gasteiger partial charge in [-0.25, -0.2) is 0 Å². The van der Waals surface area contributed by atoms with Gasteiger partial charge in [-0.15, -0.1) is 0 Å². The van der Waals surface area contributed by atoms with Crippen LogP contribution in [0.1, 0.15) is 90.9 Å². The molecule has 2 heterocycles. The monoisotopic (exact) mass is 350 g/mol. The third-order valence-electron chi connectivity index (χ3n) is 7.67. The van der Waals surface area contributed by atoms with E-state index in [0.29, 0.717) is 24.0 Å². The molecular formula is C22H38O3. The summed E-state index contributed by atoms with van der Waals surface area (Å²) in [5.74, 6) is 1.02. The predicted molar refractivity (Wildman–Crippen MR) is 99.5 cm³/mol. The van der Waals surface area contributed by atoms with Gasteiger partial charge in [-0.3, -0.25) is 0 Å². The van der Waals surface area contributed by atoms with Crippen LogP contribution in [0.4, 0.5) is 0 Å². The van der Waals surface area contributed by atoms with Crippen molar-refractivity contribution in [2.24, 2.45) is 17.3 Å². The second kappa shape index (κ2) is 7.48. The molecule has 0 bridgehead atoms. The van der Waals surface area contributed by atoms with Crippen LogP contribution in [0.15, 0.2) is 0 Å². The Hall–Kier alpha value is -0.120. The molecule has 0 aromatic rings. The van der Waals surface area contributed by atoms with Crippen molar-refractivity contribution in [2.45, 2.75) is 109 Å². The second-order valence-electron chi connectivity index (χ2n) is 8.99. The third-order valence-corrected chi connectivity index (χ3v) is 7.67. The Kier molecular flexibility index (Phi) is 5.46. The van der Waals surface area contributed by atoms with E-state index < -0.39 is 0 Å². The Morgan fingerprint density at radius 1 is 0.880 bits per heavy atom. The molecule has 0 N–H and O–H groups in total. The van der Waals surface area contributed by atoms with Gasteiger partial charge in [-0.1, -0.05) is 65.2 Å². The van der Waals surface area contributed by atoms with Crippen molar-refractivity contribution in [3.8, 4) is 0 Å². The molecule has 3 nitrogen and oxygen atoms in total. The van der Waals surface area contributed by atoms with Crippen LogP contribution in [0.2, 0.25) is 0 Å². The summed E-state index contributed by atoms with van der Waals surface area (Å²) in [6, 6.07) is 0. The summed E-state index contributed by atoms with van der Waals surface area (Å²) >= 11 is 0. The first-order valence-electron chi connectivity index (χ1n) is 11.2. The largest absolute Gasteiger partial charge is 0.369 e. The van der Waals surface area contributed by atoms with Crippen LogP contribution in [0, 0.1) is 17.3 Å². The maximum Gasteiger partial charge on any atom is 0.177 e. The van der Waals surface area contributed by atoms with E-state index in [4.69, 9.17) is 14.2 Å². The zero-order valence-corrected chi connectivity index (χ0v) is 16.4. The summed E-state index contributed by atoms with van der Waals surface area (Å²) in [4.78, 5) is 0. The lowest BCUT2D eigenvalue weighted by molar-refractivity contribution is -0.381. The molecule has 5 atom stereocenters. The van der Waals surface area contributed by atoms with Crippen LogP contribution in [0.3, 0.4) is 0 Å². The number of ether oxygens (including phenoxy) is 3. The Bertz CT molecular complexity index is 445. The lowest BCUT2D eigenvalue weighted by atomic mass is 9.42. The molecule has 25 heavy (non-hydrogen) atoms. The zero-order chi connectivity index (χ0) is 17.3. The minimum absolute atomic E-state index is 0.254. The van der Waals surface area contributed by atoms with Crippen molar-refractivity contribution in [3.05, 3.63) is 0 Å². The molecule has 144 valence electrons. The van der Waals surface area contributed by atoms with Crippen LogP contribution >= 0.6 is 0 Å². The highest BCUT2D eigenvalue weighted by Gasteiger charge is 2.79. The third kappa shape index (κ3) is 2.89. The number of hydrogen-bond acceptors (Lipinski definition) is 3. The highest BCUT2D eigenvalue weighted by Crippen LogP contribution is 2.74. The Morgan fingerprint density at radius 2 is 1.60 bits per heavy atom. The van der Waals surface area contributed by atoms with E-state index in [9.17, 15) is 0 Å². The number of epoxide rings is 1. The van der Waals surface area contributed by atoms with Gasteiger partial charge in [0.05, 0.1) is 25.4 Å². The van der Waals surface area contributed by atoms with E-state index >= 15 is 0 Å². The van der Waals surface area contributed by atoms with Crippen LogP contribution in [0.5, 0.6) is 0 Å². The van der Waals surface area contributed by atoms with Gasteiger partial charge in [0, 0.05) is 17.3 Å². The molecule has 0 amide bonds. The second-order valence-corrected chi connectivity index (χ2v) is 8.99. The molecule has 4 fully saturated rings. The smallest absolute Gasteiger partial charge is 0.177 e. The fourth-order valence-corrected chi connectivity index (χ4v) is 6.54. The Labute approximate surface area is 154 Å². The molecule has 1 spiro atoms. The Morgan fingerprint density at radius 3 is 2.32 bits per heavy atom. The van der Waals surface area contributed by atoms with Crippen molar-refractivity contribution in [1.82, 2.24) is 0 Å². The molecule has 0 aromatic carbocycles. The summed E-state index contributed by atoms with van der Waals surface area (Å²) in [5, 5.41) is 0. The maximum absolute atomic E-state index is 6.47. The van der Waals surface area contributed by atoms with Crippen molar-refractivity contribution in [3.63, 3.8) is 0 Å². The first kappa shape index (κ1) is 18.3. The van der Waals surface area contributed by atoms with Crippen LogP contribution in [-0.2, 0) is 14.2 Å². The van der Waals surface area contributed by atoms with Crippen molar-refractivity contribution in [2.75, 3.05) is 13.2 Å². The van der Waals surface area contributed by atoms with Gasteiger partial charge >= 0.3 is 0 Å². The van der Waals surface area contributed by atoms with Crippen molar-refractivity contribution >= 4 is 0 Å². The van der Waals surface area contributed by atoms with Crippen molar-refractivity contribution < 1.29 is 14.2 Å². The highest BCUT2D eigenvalue weighted by atomic mass is 16.7. The minimum Gasteiger partial charge on any atom is -0.369 e. The first-order valence-corrected chi connectivity index (χ1v) is 11.2. The van der Waals surface area contributed by atoms with Gasteiger partial charge in [0.1, 0.15) is 0 Å². The summed E-state index contributed by atoms with van der Waals surface area (Å²) in [5.41, 5.74) is 0.254. The first-order chi connectivity index (χ1) is 12.3. The van der Waals surface area contributed by atoms with E-state index in [1.54, 1.807) is 0 Å². The lowest BCUT2D eigenvalue weighted by Gasteiger charge is -2.67. The topological polar surface area (TPSA) is 31.0 Å². The molecule has 0 radical (unpaired) electrons. The van der Waals surface area contributed by atoms with Crippen LogP contribution < -0.4 is 0 Å². The average molecular weight is 351 g/mol. The summed E-state index contributed by atoms with van der Waals surface area (Å²) in [7, 11) is 0. The van der Waals surface area contributed by atoms with Crippen molar-refractivity contribution in [1.29, 1.82) is 0 Å². The molecule has 2 saturated heterocycles. The molecule has 2 aliphatic carbocycles. The van der Waals surface area contributed by atoms with Crippen LogP contribution in [-0.4, -0.2) is 31.2 Å². The molecule has 2 aliphatic heterocycles. The summed E-state index contributed by atoms with van der Waals surface area (Å²) in [6.45, 7) is 6.18. The number of fused-ring (bicyclic) bond motifs is 4. The van der Waals surface area contributed by atoms with Gasteiger partial charge in [-0.05, 0) is 25.7 Å². The fourth-order valence-electron chi connectivity index (χ4n) is 6.54. The molecule has 2 saturated carbocycles. The van der Waals surface area contributed by atoms with Gasteiger partial charge in [-0.2, -0.15) is 0 Å². The lowest BCUT2D eigenvalue weighted by Crippen LogP contribution is -2.73. The standard InChI is InChI=1S/C22H38O3/c1-3-5-7-9-11-17-19-20-18(25-20)12-14-21(19,13-10-8-6-4-2)22(17)23-15-16-24-22/h17-20H,3-16H2,1-2H3. The molecule has 3 heteroatoms. The molecule has 4 aliphatic rings. The van der Waals surface area contributed by atoms with Crippen LogP contribution in [0.25, 0.3) is 0 Å². The van der Waals surface area contributed by atoms with Gasteiger partial charge < -0.3 is 14.2 Å². The Balaban J connectivity index is 1.48. The SMILES string of the molecule is CCCCCCC1C2C3OC3CCC2(CCCCCC)C12OCCO2. The highest BCUT2D eigenvalue weighted by molar-refractivity contribution is 5.23. The van der Waals surface area contributed by atoms with E-state index in [1.807, 2.05) is 0 Å². The summed E-state index contributed by atoms with van der Waals surface area (Å²) in [6.07, 6.45) is 16.8. The molecule has 0 aromatic heterocycles. The number of unbranched alkanes of at least 4 members (excludes halogenated alkanes) is 6. The minimum atomic E-state index is -0.257. The van der Waals surface area contributed by atoms with E-state index in [0.717, 1.165) is 13.2 Å². The fraction of sp³-hybridized carbons (Fsp3) is 1.00. The normalized spacial score (nSPS) is 40.6. The van der Waals surface area contributed by atoms with Gasteiger partial charge in [0.25, 0.3) is 0 Å². The molecule has 5 unspecified atom stereocenters. The zero-order valence-electron chi connectivity index (χ0n) is 16.4. The quantitative estimate of drug-likeness (QED) is 0.387. The predicted octanol–water partition coefficient (Wildman–Crippen LogP) is 5.46. The number of hydrogen-bond donors (Lipinski definition) is 0. The van der Waals surface area contributed by atoms with E-state index in [-0.39, 0.29) is 11.2 Å². The van der Waals surface area contributed by atoms with Gasteiger partial charge in [0.2, 0.25) is 0 Å². The molecule has 4 rings (SSSR count). The summed E-state index contributed by atoms with van der Waals surface area (Å²) < 4.78 is 19.0. The average Bonchev–Trinajstić information content (AvgIpc) is 3.20. The molecular weight excluding hydrogens is 312 g/mol. The van der Waals surface area contributed by atoms with Gasteiger partial charge in [0.15, 0.2) is 5.79 Å². The number of rotatable bonds is 10. The van der Waals surface area contributed by atoms with E-state index in [2.05, 4.69) is 13.8 Å². The van der Waals surface area contributed by atoms with E-state index in [1.165, 1.54) is 77.0 Å².